The van der Waals surface area contributed by atoms with Crippen LogP contribution in [0.4, 0.5) is 4.79 Å². The van der Waals surface area contributed by atoms with Crippen molar-refractivity contribution in [2.75, 3.05) is 13.1 Å². The molecule has 0 aliphatic rings. The molecule has 0 unspecified atom stereocenters. The van der Waals surface area contributed by atoms with Crippen LogP contribution in [0.2, 0.25) is 0 Å². The molecule has 0 aromatic carbocycles. The van der Waals surface area contributed by atoms with Crippen LogP contribution in [0.25, 0.3) is 0 Å². The van der Waals surface area contributed by atoms with Crippen LogP contribution in [0.3, 0.4) is 0 Å². The number of rotatable bonds is 34. The molecule has 0 saturated carbocycles. The minimum atomic E-state index is -0.511. The third-order valence-electron chi connectivity index (χ3n) is 12.1. The second-order valence-electron chi connectivity index (χ2n) is 19.1. The number of pyridine rings is 2. The van der Waals surface area contributed by atoms with E-state index in [0.29, 0.717) is 13.1 Å². The van der Waals surface area contributed by atoms with Crippen molar-refractivity contribution in [2.45, 2.75) is 261 Å². The van der Waals surface area contributed by atoms with Crippen LogP contribution in [0, 0.1) is 27.7 Å². The maximum atomic E-state index is 13.6. The molecule has 0 N–H and O–H groups in total. The molecule has 58 heavy (non-hydrogen) atoms. The fraction of sp³-hybridized carbons (Fsp3) is 0.792. The average Bonchev–Trinajstić information content (AvgIpc) is 3.16. The predicted octanol–water partition coefficient (Wildman–Crippen LogP) is 14.7. The maximum Gasteiger partial charge on any atom is 0.410 e. The Labute approximate surface area is 360 Å². The molecule has 1 amide bonds. The summed E-state index contributed by atoms with van der Waals surface area (Å²) < 4.78 is 11.0. The lowest BCUT2D eigenvalue weighted by atomic mass is 10.0. The Bertz CT molecular complexity index is 1270. The standard InChI is InChI=1S/C53H95N3O2/c1-10-12-14-16-18-20-22-24-26-28-30-32-36-50-44-46(3)42-48(5)55(50)40-34-38-54(52(57)58-53(7,8)9)39-35-41-56-49(6)43-47(4)45-51(56)37-33-31-29-27-25-23-21-19-17-15-13-11-2/h42-45H,10-41H2,1-9H3/q+2. The molecule has 2 aromatic heterocycles. The van der Waals surface area contributed by atoms with Gasteiger partial charge in [-0.05, 0) is 58.6 Å². The third-order valence-corrected chi connectivity index (χ3v) is 12.1. The van der Waals surface area contributed by atoms with E-state index in [1.54, 1.807) is 0 Å². The largest absolute Gasteiger partial charge is 0.444 e. The van der Waals surface area contributed by atoms with Crippen molar-refractivity contribution in [3.05, 3.63) is 58.2 Å². The normalized spacial score (nSPS) is 11.7. The van der Waals surface area contributed by atoms with Gasteiger partial charge in [0.15, 0.2) is 35.9 Å². The number of carbonyl (C=O) groups excluding carboxylic acids is 1. The predicted molar refractivity (Wildman–Crippen MR) is 249 cm³/mol. The smallest absolute Gasteiger partial charge is 0.410 e. The molecule has 0 aliphatic carbocycles. The number of aryl methyl sites for hydroxylation is 6. The van der Waals surface area contributed by atoms with Gasteiger partial charge in [0.1, 0.15) is 5.60 Å². The average molecular weight is 806 g/mol. The molecule has 0 atom stereocenters. The van der Waals surface area contributed by atoms with Gasteiger partial charge in [0, 0.05) is 76.9 Å². The lowest BCUT2D eigenvalue weighted by Gasteiger charge is -2.27. The highest BCUT2D eigenvalue weighted by Gasteiger charge is 2.24. The number of hydrogen-bond donors (Lipinski definition) is 0. The zero-order chi connectivity index (χ0) is 42.4. The lowest BCUT2D eigenvalue weighted by Crippen LogP contribution is -2.46. The van der Waals surface area contributed by atoms with E-state index in [2.05, 4.69) is 74.9 Å². The van der Waals surface area contributed by atoms with E-state index in [1.807, 2.05) is 25.7 Å². The summed E-state index contributed by atoms with van der Waals surface area (Å²) in [6, 6.07) is 9.42. The van der Waals surface area contributed by atoms with Gasteiger partial charge >= 0.3 is 6.09 Å². The van der Waals surface area contributed by atoms with E-state index in [-0.39, 0.29) is 6.09 Å². The highest BCUT2D eigenvalue weighted by molar-refractivity contribution is 5.68. The summed E-state index contributed by atoms with van der Waals surface area (Å²) in [5.74, 6) is 0. The van der Waals surface area contributed by atoms with E-state index in [9.17, 15) is 4.79 Å². The maximum absolute atomic E-state index is 13.6. The molecule has 0 aliphatic heterocycles. The number of amides is 1. The topological polar surface area (TPSA) is 37.3 Å². The zero-order valence-corrected chi connectivity index (χ0v) is 40.1. The van der Waals surface area contributed by atoms with Gasteiger partial charge < -0.3 is 9.64 Å². The van der Waals surface area contributed by atoms with Crippen molar-refractivity contribution in [1.82, 2.24) is 4.90 Å². The first kappa shape index (κ1) is 51.7. The Morgan fingerprint density at radius 3 is 1.10 bits per heavy atom. The molecule has 332 valence electrons. The fourth-order valence-corrected chi connectivity index (χ4v) is 8.84. The summed E-state index contributed by atoms with van der Waals surface area (Å²) in [6.07, 6.45) is 37.0. The van der Waals surface area contributed by atoms with E-state index in [4.69, 9.17) is 4.74 Å². The molecule has 5 nitrogen and oxygen atoms in total. The molecule has 5 heteroatoms. The van der Waals surface area contributed by atoms with Gasteiger partial charge in [-0.3, -0.25) is 0 Å². The molecule has 0 bridgehead atoms. The van der Waals surface area contributed by atoms with Crippen molar-refractivity contribution in [3.63, 3.8) is 0 Å². The van der Waals surface area contributed by atoms with E-state index < -0.39 is 5.60 Å². The summed E-state index contributed by atoms with van der Waals surface area (Å²) in [5, 5.41) is 0. The van der Waals surface area contributed by atoms with Crippen molar-refractivity contribution in [3.8, 4) is 0 Å². The first-order valence-corrected chi connectivity index (χ1v) is 24.9. The summed E-state index contributed by atoms with van der Waals surface area (Å²) >= 11 is 0. The van der Waals surface area contributed by atoms with E-state index >= 15 is 0 Å². The second-order valence-corrected chi connectivity index (χ2v) is 19.1. The van der Waals surface area contributed by atoms with Crippen LogP contribution in [0.15, 0.2) is 24.3 Å². The van der Waals surface area contributed by atoms with Crippen molar-refractivity contribution < 1.29 is 18.7 Å². The number of carbonyl (C=O) groups is 1. The Morgan fingerprint density at radius 2 is 0.793 bits per heavy atom. The molecular weight excluding hydrogens is 711 g/mol. The molecule has 0 saturated heterocycles. The minimum Gasteiger partial charge on any atom is -0.444 e. The molecule has 0 spiro atoms. The Morgan fingerprint density at radius 1 is 0.483 bits per heavy atom. The van der Waals surface area contributed by atoms with Gasteiger partial charge in [-0.1, -0.05) is 155 Å². The third kappa shape index (κ3) is 24.0. The minimum absolute atomic E-state index is 0.183. The van der Waals surface area contributed by atoms with E-state index in [1.165, 1.54) is 188 Å². The molecular formula is C53H95N3O2+2. The van der Waals surface area contributed by atoms with Gasteiger partial charge in [-0.15, -0.1) is 0 Å². The van der Waals surface area contributed by atoms with Crippen LogP contribution in [-0.4, -0.2) is 29.7 Å². The Hall–Kier alpha value is -2.43. The quantitative estimate of drug-likeness (QED) is 0.0522. The number of hydrogen-bond acceptors (Lipinski definition) is 2. The zero-order valence-electron chi connectivity index (χ0n) is 40.1. The molecule has 0 fully saturated rings. The van der Waals surface area contributed by atoms with Crippen LogP contribution in [-0.2, 0) is 30.7 Å². The highest BCUT2D eigenvalue weighted by atomic mass is 16.6. The van der Waals surface area contributed by atoms with Gasteiger partial charge in [0.05, 0.1) is 0 Å². The van der Waals surface area contributed by atoms with Crippen molar-refractivity contribution in [2.24, 2.45) is 0 Å². The first-order valence-electron chi connectivity index (χ1n) is 24.9. The SMILES string of the molecule is CCCCCCCCCCCCCCc1cc(C)cc(C)[n+]1CCCN(CCC[n+]1c(C)cc(C)cc1CCCCCCCCCCCCCC)C(=O)OC(C)(C)C. The summed E-state index contributed by atoms with van der Waals surface area (Å²) in [6.45, 7) is 22.7. The number of aromatic nitrogens is 2. The fourth-order valence-electron chi connectivity index (χ4n) is 8.84. The number of ether oxygens (including phenoxy) is 1. The first-order chi connectivity index (χ1) is 27.9. The lowest BCUT2D eigenvalue weighted by molar-refractivity contribution is -0.710. The Balaban J connectivity index is 1.88. The van der Waals surface area contributed by atoms with Gasteiger partial charge in [0.25, 0.3) is 0 Å². The monoisotopic (exact) mass is 806 g/mol. The molecule has 0 radical (unpaired) electrons. The molecule has 2 aromatic rings. The van der Waals surface area contributed by atoms with Crippen LogP contribution >= 0.6 is 0 Å². The van der Waals surface area contributed by atoms with Crippen molar-refractivity contribution in [1.29, 1.82) is 0 Å². The summed E-state index contributed by atoms with van der Waals surface area (Å²) in [7, 11) is 0. The number of nitrogens with zero attached hydrogens (tertiary/aromatic N) is 3. The summed E-state index contributed by atoms with van der Waals surface area (Å²) in [4.78, 5) is 15.6. The number of unbranched alkanes of at least 4 members (excludes halogenated alkanes) is 22. The van der Waals surface area contributed by atoms with E-state index in [0.717, 1.165) is 38.8 Å². The highest BCUT2D eigenvalue weighted by Crippen LogP contribution is 2.17. The van der Waals surface area contributed by atoms with Gasteiger partial charge in [0.2, 0.25) is 0 Å². The second kappa shape index (κ2) is 31.4. The van der Waals surface area contributed by atoms with Crippen molar-refractivity contribution >= 4 is 6.09 Å². The van der Waals surface area contributed by atoms with Crippen LogP contribution in [0.5, 0.6) is 0 Å². The van der Waals surface area contributed by atoms with Gasteiger partial charge in [-0.2, -0.15) is 9.13 Å². The molecule has 2 heterocycles. The van der Waals surface area contributed by atoms with Crippen LogP contribution in [0.1, 0.15) is 235 Å². The van der Waals surface area contributed by atoms with Crippen LogP contribution < -0.4 is 9.13 Å². The molecule has 2 rings (SSSR count). The Kier molecular flexibility index (Phi) is 28.0. The summed E-state index contributed by atoms with van der Waals surface area (Å²) in [5.41, 5.74) is 7.72. The van der Waals surface area contributed by atoms with Gasteiger partial charge in [-0.25, -0.2) is 4.79 Å².